The first-order valence-corrected chi connectivity index (χ1v) is 9.18. The van der Waals surface area contributed by atoms with Crippen molar-refractivity contribution in [1.82, 2.24) is 4.90 Å². The molecule has 1 spiro atoms. The summed E-state index contributed by atoms with van der Waals surface area (Å²) in [4.78, 5) is 2.72. The third-order valence-electron chi connectivity index (χ3n) is 6.27. The molecule has 2 saturated heterocycles. The van der Waals surface area contributed by atoms with Gasteiger partial charge in [0, 0.05) is 38.1 Å². The van der Waals surface area contributed by atoms with E-state index in [1.807, 2.05) is 7.11 Å². The van der Waals surface area contributed by atoms with Crippen molar-refractivity contribution in [3.05, 3.63) is 0 Å². The monoisotopic (exact) mass is 311 g/mol. The highest BCUT2D eigenvalue weighted by Gasteiger charge is 2.52. The van der Waals surface area contributed by atoms with Crippen LogP contribution in [0.5, 0.6) is 0 Å². The predicted octanol–water partition coefficient (Wildman–Crippen LogP) is 3.20. The molecule has 4 nitrogen and oxygen atoms in total. The molecule has 1 aliphatic carbocycles. The van der Waals surface area contributed by atoms with Gasteiger partial charge in [-0.1, -0.05) is 13.3 Å². The van der Waals surface area contributed by atoms with E-state index in [2.05, 4.69) is 18.7 Å². The van der Waals surface area contributed by atoms with Crippen molar-refractivity contribution in [2.45, 2.75) is 76.2 Å². The maximum atomic E-state index is 6.10. The van der Waals surface area contributed by atoms with Crippen LogP contribution in [0.1, 0.15) is 58.8 Å². The molecule has 22 heavy (non-hydrogen) atoms. The molecule has 2 unspecified atom stereocenters. The van der Waals surface area contributed by atoms with E-state index < -0.39 is 0 Å². The third-order valence-corrected chi connectivity index (χ3v) is 6.27. The van der Waals surface area contributed by atoms with Gasteiger partial charge in [-0.25, -0.2) is 0 Å². The van der Waals surface area contributed by atoms with Gasteiger partial charge in [-0.2, -0.15) is 0 Å². The van der Waals surface area contributed by atoms with E-state index in [9.17, 15) is 0 Å². The first-order chi connectivity index (χ1) is 10.6. The zero-order chi connectivity index (χ0) is 15.6. The van der Waals surface area contributed by atoms with Crippen LogP contribution in [0, 0.1) is 5.92 Å². The summed E-state index contributed by atoms with van der Waals surface area (Å²) in [6.07, 6.45) is 8.67. The van der Waals surface area contributed by atoms with Crippen LogP contribution < -0.4 is 0 Å². The van der Waals surface area contributed by atoms with Crippen LogP contribution in [0.25, 0.3) is 0 Å². The van der Waals surface area contributed by atoms with Gasteiger partial charge in [0.25, 0.3) is 0 Å². The van der Waals surface area contributed by atoms with Gasteiger partial charge in [-0.3, -0.25) is 4.90 Å². The Labute approximate surface area is 135 Å². The normalized spacial score (nSPS) is 37.0. The summed E-state index contributed by atoms with van der Waals surface area (Å²) in [5.74, 6) is 0.277. The molecular formula is C18H33NO3. The minimum absolute atomic E-state index is 0.264. The molecule has 1 saturated carbocycles. The molecule has 2 heterocycles. The Morgan fingerprint density at radius 1 is 1.14 bits per heavy atom. The van der Waals surface area contributed by atoms with Crippen molar-refractivity contribution >= 4 is 0 Å². The first kappa shape index (κ1) is 16.7. The number of hydrogen-bond donors (Lipinski definition) is 0. The lowest BCUT2D eigenvalue weighted by Gasteiger charge is -2.53. The molecule has 2 atom stereocenters. The van der Waals surface area contributed by atoms with Gasteiger partial charge in [-0.15, -0.1) is 0 Å². The maximum Gasteiger partial charge on any atom is 0.171 e. The Hall–Kier alpha value is -0.160. The zero-order valence-corrected chi connectivity index (χ0v) is 14.6. The molecule has 3 fully saturated rings. The van der Waals surface area contributed by atoms with Crippen molar-refractivity contribution in [2.24, 2.45) is 5.92 Å². The molecule has 128 valence electrons. The highest BCUT2D eigenvalue weighted by molar-refractivity contribution is 5.01. The molecule has 3 aliphatic rings. The number of ether oxygens (including phenoxy) is 3. The van der Waals surface area contributed by atoms with E-state index in [4.69, 9.17) is 14.2 Å². The second-order valence-corrected chi connectivity index (χ2v) is 7.62. The van der Waals surface area contributed by atoms with E-state index in [1.165, 1.54) is 51.6 Å². The SMILES string of the molecule is CCCC1CC(C)(N2CCC(OC)CC2)CCC12OCCO2. The Bertz CT molecular complexity index is 361. The predicted molar refractivity (Wildman–Crippen MR) is 86.9 cm³/mol. The summed E-state index contributed by atoms with van der Waals surface area (Å²) >= 11 is 0. The summed E-state index contributed by atoms with van der Waals surface area (Å²) < 4.78 is 17.7. The first-order valence-electron chi connectivity index (χ1n) is 9.18. The summed E-state index contributed by atoms with van der Waals surface area (Å²) in [5.41, 5.74) is 0.305. The highest BCUT2D eigenvalue weighted by atomic mass is 16.7. The molecule has 0 bridgehead atoms. The number of rotatable bonds is 4. The molecule has 4 heteroatoms. The second-order valence-electron chi connectivity index (χ2n) is 7.62. The minimum atomic E-state index is -0.264. The summed E-state index contributed by atoms with van der Waals surface area (Å²) in [6.45, 7) is 8.63. The molecule has 0 aromatic heterocycles. The molecule has 3 rings (SSSR count). The van der Waals surface area contributed by atoms with Crippen LogP contribution in [0.3, 0.4) is 0 Å². The molecule has 0 amide bonds. The molecular weight excluding hydrogens is 278 g/mol. The van der Waals surface area contributed by atoms with Gasteiger partial charge in [0.05, 0.1) is 19.3 Å². The Morgan fingerprint density at radius 2 is 1.82 bits per heavy atom. The number of nitrogens with zero attached hydrogens (tertiary/aromatic N) is 1. The fraction of sp³-hybridized carbons (Fsp3) is 1.00. The average Bonchev–Trinajstić information content (AvgIpc) is 3.02. The van der Waals surface area contributed by atoms with Crippen LogP contribution in [0.4, 0.5) is 0 Å². The van der Waals surface area contributed by atoms with Crippen molar-refractivity contribution in [2.75, 3.05) is 33.4 Å². The lowest BCUT2D eigenvalue weighted by Crippen LogP contribution is -2.58. The van der Waals surface area contributed by atoms with E-state index in [-0.39, 0.29) is 5.79 Å². The highest BCUT2D eigenvalue weighted by Crippen LogP contribution is 2.48. The fourth-order valence-electron chi connectivity index (χ4n) is 4.88. The van der Waals surface area contributed by atoms with E-state index >= 15 is 0 Å². The lowest BCUT2D eigenvalue weighted by molar-refractivity contribution is -0.231. The van der Waals surface area contributed by atoms with Gasteiger partial charge in [-0.05, 0) is 39.0 Å². The van der Waals surface area contributed by atoms with Gasteiger partial charge in [0.1, 0.15) is 0 Å². The minimum Gasteiger partial charge on any atom is -0.381 e. The van der Waals surface area contributed by atoms with Gasteiger partial charge in [0.2, 0.25) is 0 Å². The molecule has 0 aromatic carbocycles. The van der Waals surface area contributed by atoms with Gasteiger partial charge >= 0.3 is 0 Å². The van der Waals surface area contributed by atoms with E-state index in [1.54, 1.807) is 0 Å². The van der Waals surface area contributed by atoms with E-state index in [0.29, 0.717) is 17.6 Å². The Morgan fingerprint density at radius 3 is 2.41 bits per heavy atom. The quantitative estimate of drug-likeness (QED) is 0.798. The number of hydrogen-bond acceptors (Lipinski definition) is 4. The molecule has 0 radical (unpaired) electrons. The molecule has 0 aromatic rings. The third kappa shape index (κ3) is 3.08. The van der Waals surface area contributed by atoms with Crippen LogP contribution >= 0.6 is 0 Å². The number of piperidine rings is 1. The van der Waals surface area contributed by atoms with Crippen molar-refractivity contribution in [3.63, 3.8) is 0 Å². The van der Waals surface area contributed by atoms with Gasteiger partial charge < -0.3 is 14.2 Å². The Kier molecular flexibility index (Phi) is 5.13. The summed E-state index contributed by atoms with van der Waals surface area (Å²) in [5, 5.41) is 0. The Balaban J connectivity index is 1.67. The second kappa shape index (κ2) is 6.76. The standard InChI is InChI=1S/C18H33NO3/c1-4-5-15-14-17(2,8-9-18(15)21-12-13-22-18)19-10-6-16(20-3)7-11-19/h15-16H,4-14H2,1-3H3. The summed E-state index contributed by atoms with van der Waals surface area (Å²) in [7, 11) is 1.85. The fourth-order valence-corrected chi connectivity index (χ4v) is 4.88. The van der Waals surface area contributed by atoms with Crippen LogP contribution in [0.15, 0.2) is 0 Å². The number of likely N-dealkylation sites (tertiary alicyclic amines) is 1. The summed E-state index contributed by atoms with van der Waals surface area (Å²) in [6, 6.07) is 0. The van der Waals surface area contributed by atoms with Crippen LogP contribution in [0.2, 0.25) is 0 Å². The smallest absolute Gasteiger partial charge is 0.171 e. The van der Waals surface area contributed by atoms with Crippen molar-refractivity contribution in [3.8, 4) is 0 Å². The lowest BCUT2D eigenvalue weighted by atomic mass is 9.70. The zero-order valence-electron chi connectivity index (χ0n) is 14.6. The van der Waals surface area contributed by atoms with Crippen molar-refractivity contribution < 1.29 is 14.2 Å². The van der Waals surface area contributed by atoms with E-state index in [0.717, 1.165) is 19.6 Å². The van der Waals surface area contributed by atoms with Crippen LogP contribution in [-0.2, 0) is 14.2 Å². The van der Waals surface area contributed by atoms with Crippen molar-refractivity contribution in [1.29, 1.82) is 0 Å². The molecule has 2 aliphatic heterocycles. The largest absolute Gasteiger partial charge is 0.381 e. The van der Waals surface area contributed by atoms with Gasteiger partial charge in [0.15, 0.2) is 5.79 Å². The average molecular weight is 311 g/mol. The molecule has 0 N–H and O–H groups in total. The topological polar surface area (TPSA) is 30.9 Å². The number of methoxy groups -OCH3 is 1. The van der Waals surface area contributed by atoms with Crippen LogP contribution in [-0.4, -0.2) is 55.7 Å². The maximum absolute atomic E-state index is 6.10.